The molecule has 1 aromatic carbocycles. The highest BCUT2D eigenvalue weighted by atomic mass is 79.9. The van der Waals surface area contributed by atoms with Crippen molar-refractivity contribution in [3.8, 4) is 0 Å². The fourth-order valence-electron chi connectivity index (χ4n) is 1.27. The molecule has 13 heavy (non-hydrogen) atoms. The van der Waals surface area contributed by atoms with E-state index in [1.165, 1.54) is 0 Å². The molecule has 0 bridgehead atoms. The molecule has 0 fully saturated rings. The Hall–Kier alpha value is -0.940. The summed E-state index contributed by atoms with van der Waals surface area (Å²) in [4.78, 5) is 0. The summed E-state index contributed by atoms with van der Waals surface area (Å²) in [6.45, 7) is 1.26. The van der Waals surface area contributed by atoms with Crippen LogP contribution in [0.2, 0.25) is 0 Å². The third kappa shape index (κ3) is 1.45. The van der Waals surface area contributed by atoms with E-state index in [2.05, 4.69) is 26.2 Å². The van der Waals surface area contributed by atoms with Crippen LogP contribution in [0.5, 0.6) is 0 Å². The van der Waals surface area contributed by atoms with Gasteiger partial charge >= 0.3 is 0 Å². The minimum absolute atomic E-state index is 0.569. The van der Waals surface area contributed by atoms with E-state index in [4.69, 9.17) is 5.73 Å². The van der Waals surface area contributed by atoms with Gasteiger partial charge in [-0.25, -0.2) is 4.68 Å². The third-order valence-corrected chi connectivity index (χ3v) is 2.46. The Balaban J connectivity index is 2.64. The minimum atomic E-state index is 0.569. The summed E-state index contributed by atoms with van der Waals surface area (Å²) in [7, 11) is 0. The van der Waals surface area contributed by atoms with Crippen LogP contribution in [0.4, 0.5) is 0 Å². The molecule has 0 aliphatic rings. The molecule has 0 saturated heterocycles. The summed E-state index contributed by atoms with van der Waals surface area (Å²) < 4.78 is 2.81. The Morgan fingerprint density at radius 2 is 2.31 bits per heavy atom. The Morgan fingerprint density at radius 1 is 1.46 bits per heavy atom. The summed E-state index contributed by atoms with van der Waals surface area (Å²) in [5.74, 6) is 0. The second-order valence-corrected chi connectivity index (χ2v) is 3.56. The SMILES string of the molecule is NCCn1nnc2cccc(Br)c21. The molecule has 0 aliphatic carbocycles. The average molecular weight is 241 g/mol. The van der Waals surface area contributed by atoms with Gasteiger partial charge in [-0.05, 0) is 28.1 Å². The first-order valence-corrected chi connectivity index (χ1v) is 4.80. The normalized spacial score (nSPS) is 10.9. The maximum atomic E-state index is 5.46. The van der Waals surface area contributed by atoms with Crippen molar-refractivity contribution in [1.29, 1.82) is 0 Å². The van der Waals surface area contributed by atoms with Crippen molar-refractivity contribution in [2.45, 2.75) is 6.54 Å². The first-order valence-electron chi connectivity index (χ1n) is 4.00. The van der Waals surface area contributed by atoms with Crippen LogP contribution >= 0.6 is 15.9 Å². The molecule has 0 aliphatic heterocycles. The molecule has 1 heterocycles. The van der Waals surface area contributed by atoms with Gasteiger partial charge in [0.2, 0.25) is 0 Å². The average Bonchev–Trinajstić information content (AvgIpc) is 2.51. The molecule has 0 atom stereocenters. The van der Waals surface area contributed by atoms with Crippen LogP contribution in [-0.2, 0) is 6.54 Å². The largest absolute Gasteiger partial charge is 0.329 e. The Labute approximate surface area is 83.8 Å². The summed E-state index contributed by atoms with van der Waals surface area (Å²) in [6, 6.07) is 5.84. The number of aromatic nitrogens is 3. The van der Waals surface area contributed by atoms with E-state index in [1.54, 1.807) is 4.68 Å². The number of hydrogen-bond acceptors (Lipinski definition) is 3. The quantitative estimate of drug-likeness (QED) is 0.858. The smallest absolute Gasteiger partial charge is 0.114 e. The number of halogens is 1. The van der Waals surface area contributed by atoms with Gasteiger partial charge in [0, 0.05) is 11.0 Å². The minimum Gasteiger partial charge on any atom is -0.329 e. The van der Waals surface area contributed by atoms with Gasteiger partial charge in [-0.3, -0.25) is 0 Å². The lowest BCUT2D eigenvalue weighted by atomic mass is 10.3. The number of hydrogen-bond donors (Lipinski definition) is 1. The molecule has 0 spiro atoms. The van der Waals surface area contributed by atoms with Crippen LogP contribution < -0.4 is 5.73 Å². The molecule has 68 valence electrons. The van der Waals surface area contributed by atoms with Gasteiger partial charge in [-0.1, -0.05) is 11.3 Å². The molecule has 2 rings (SSSR count). The maximum Gasteiger partial charge on any atom is 0.114 e. The van der Waals surface area contributed by atoms with E-state index in [0.29, 0.717) is 13.1 Å². The van der Waals surface area contributed by atoms with Crippen molar-refractivity contribution in [3.05, 3.63) is 22.7 Å². The van der Waals surface area contributed by atoms with Crippen LogP contribution in [0.3, 0.4) is 0 Å². The van der Waals surface area contributed by atoms with Crippen molar-refractivity contribution in [2.24, 2.45) is 5.73 Å². The fraction of sp³-hybridized carbons (Fsp3) is 0.250. The van der Waals surface area contributed by atoms with Crippen LogP contribution in [0.1, 0.15) is 0 Å². The molecule has 5 heteroatoms. The molecule has 2 aromatic rings. The monoisotopic (exact) mass is 240 g/mol. The number of fused-ring (bicyclic) bond motifs is 1. The number of rotatable bonds is 2. The van der Waals surface area contributed by atoms with Crippen molar-refractivity contribution in [3.63, 3.8) is 0 Å². The zero-order valence-corrected chi connectivity index (χ0v) is 8.53. The van der Waals surface area contributed by atoms with Gasteiger partial charge in [0.1, 0.15) is 11.0 Å². The molecular formula is C8H9BrN4. The molecule has 0 unspecified atom stereocenters. The van der Waals surface area contributed by atoms with Crippen LogP contribution in [0, 0.1) is 0 Å². The molecule has 2 N–H and O–H groups in total. The first kappa shape index (κ1) is 8.65. The third-order valence-electron chi connectivity index (χ3n) is 1.82. The number of nitrogens with two attached hydrogens (primary N) is 1. The molecule has 0 amide bonds. The predicted octanol–water partition coefficient (Wildman–Crippen LogP) is 1.15. The van der Waals surface area contributed by atoms with Gasteiger partial charge in [0.25, 0.3) is 0 Å². The van der Waals surface area contributed by atoms with Crippen LogP contribution in [-0.4, -0.2) is 21.5 Å². The van der Waals surface area contributed by atoms with E-state index in [-0.39, 0.29) is 0 Å². The lowest BCUT2D eigenvalue weighted by molar-refractivity contribution is 0.615. The highest BCUT2D eigenvalue weighted by Gasteiger charge is 2.05. The number of nitrogens with zero attached hydrogens (tertiary/aromatic N) is 3. The van der Waals surface area contributed by atoms with Crippen molar-refractivity contribution < 1.29 is 0 Å². The molecular weight excluding hydrogens is 232 g/mol. The second kappa shape index (κ2) is 3.43. The van der Waals surface area contributed by atoms with E-state index in [0.717, 1.165) is 15.5 Å². The fourth-order valence-corrected chi connectivity index (χ4v) is 1.83. The first-order chi connectivity index (χ1) is 6.33. The zero-order valence-electron chi connectivity index (χ0n) is 6.94. The topological polar surface area (TPSA) is 56.7 Å². The molecule has 4 nitrogen and oxygen atoms in total. The highest BCUT2D eigenvalue weighted by Crippen LogP contribution is 2.21. The Bertz CT molecular complexity index is 423. The van der Waals surface area contributed by atoms with E-state index in [9.17, 15) is 0 Å². The van der Waals surface area contributed by atoms with Crippen molar-refractivity contribution >= 4 is 27.0 Å². The number of benzene rings is 1. The lowest BCUT2D eigenvalue weighted by Gasteiger charge is -1.99. The highest BCUT2D eigenvalue weighted by molar-refractivity contribution is 9.10. The van der Waals surface area contributed by atoms with E-state index in [1.807, 2.05) is 18.2 Å². The van der Waals surface area contributed by atoms with Crippen molar-refractivity contribution in [1.82, 2.24) is 15.0 Å². The lowest BCUT2D eigenvalue weighted by Crippen LogP contribution is -2.11. The summed E-state index contributed by atoms with van der Waals surface area (Å²) >= 11 is 3.46. The summed E-state index contributed by atoms with van der Waals surface area (Å²) in [5.41, 5.74) is 7.36. The number of para-hydroxylation sites is 1. The van der Waals surface area contributed by atoms with Gasteiger partial charge < -0.3 is 5.73 Å². The molecule has 0 radical (unpaired) electrons. The molecule has 1 aromatic heterocycles. The summed E-state index contributed by atoms with van der Waals surface area (Å²) in [6.07, 6.45) is 0. The zero-order chi connectivity index (χ0) is 9.26. The summed E-state index contributed by atoms with van der Waals surface area (Å²) in [5, 5.41) is 8.03. The van der Waals surface area contributed by atoms with Gasteiger partial charge in [-0.2, -0.15) is 0 Å². The van der Waals surface area contributed by atoms with Crippen LogP contribution in [0.25, 0.3) is 11.0 Å². The van der Waals surface area contributed by atoms with E-state index < -0.39 is 0 Å². The van der Waals surface area contributed by atoms with Crippen LogP contribution in [0.15, 0.2) is 22.7 Å². The van der Waals surface area contributed by atoms with Gasteiger partial charge in [-0.15, -0.1) is 5.10 Å². The van der Waals surface area contributed by atoms with Crippen molar-refractivity contribution in [2.75, 3.05) is 6.54 Å². The Kier molecular flexibility index (Phi) is 2.28. The molecule has 0 saturated carbocycles. The van der Waals surface area contributed by atoms with Gasteiger partial charge in [0.15, 0.2) is 0 Å². The standard InChI is InChI=1S/C8H9BrN4/c9-6-2-1-3-7-8(6)13(5-4-10)12-11-7/h1-3H,4-5,10H2. The second-order valence-electron chi connectivity index (χ2n) is 2.71. The van der Waals surface area contributed by atoms with Gasteiger partial charge in [0.05, 0.1) is 6.54 Å². The maximum absolute atomic E-state index is 5.46. The Morgan fingerprint density at radius 3 is 3.08 bits per heavy atom. The predicted molar refractivity (Wildman–Crippen MR) is 54.3 cm³/mol. The van der Waals surface area contributed by atoms with E-state index >= 15 is 0 Å².